The van der Waals surface area contributed by atoms with Crippen molar-refractivity contribution in [2.45, 2.75) is 52.9 Å². The van der Waals surface area contributed by atoms with Crippen LogP contribution in [0, 0.1) is 5.92 Å². The number of hydrogen-bond acceptors (Lipinski definition) is 2. The summed E-state index contributed by atoms with van der Waals surface area (Å²) < 4.78 is 5.87. The van der Waals surface area contributed by atoms with Crippen LogP contribution in [0.15, 0.2) is 24.3 Å². The molecular formula is C18H29NO2. The van der Waals surface area contributed by atoms with Gasteiger partial charge in [0.1, 0.15) is 5.75 Å². The van der Waals surface area contributed by atoms with Gasteiger partial charge in [0.15, 0.2) is 0 Å². The summed E-state index contributed by atoms with van der Waals surface area (Å²) in [6.07, 6.45) is 5.77. The van der Waals surface area contributed by atoms with E-state index in [0.29, 0.717) is 18.0 Å². The first-order valence-electron chi connectivity index (χ1n) is 8.22. The Labute approximate surface area is 129 Å². The maximum absolute atomic E-state index is 11.9. The van der Waals surface area contributed by atoms with Crippen LogP contribution in [-0.4, -0.2) is 19.1 Å². The molecule has 3 nitrogen and oxygen atoms in total. The highest BCUT2D eigenvalue weighted by Gasteiger charge is 2.09. The van der Waals surface area contributed by atoms with E-state index in [2.05, 4.69) is 19.2 Å². The smallest absolute Gasteiger partial charge is 0.251 e. The fraction of sp³-hybridized carbons (Fsp3) is 0.611. The molecule has 0 aromatic heterocycles. The fourth-order valence-electron chi connectivity index (χ4n) is 2.18. The first-order valence-corrected chi connectivity index (χ1v) is 8.22. The topological polar surface area (TPSA) is 38.3 Å². The number of benzene rings is 1. The molecule has 1 atom stereocenters. The standard InChI is InChI=1S/C18H29NO2/c1-4-7-9-15(6-3)14-21-17-11-8-10-16(13-17)18(20)19-12-5-2/h8,10-11,13,15H,4-7,9,12,14H2,1-3H3,(H,19,20). The van der Waals surface area contributed by atoms with Gasteiger partial charge in [-0.05, 0) is 37.0 Å². The lowest BCUT2D eigenvalue weighted by molar-refractivity contribution is 0.0953. The highest BCUT2D eigenvalue weighted by molar-refractivity contribution is 5.94. The van der Waals surface area contributed by atoms with E-state index in [0.717, 1.165) is 25.2 Å². The largest absolute Gasteiger partial charge is 0.493 e. The van der Waals surface area contributed by atoms with Gasteiger partial charge in [0.25, 0.3) is 5.91 Å². The number of nitrogens with one attached hydrogen (secondary N) is 1. The first-order chi connectivity index (χ1) is 10.2. The zero-order valence-corrected chi connectivity index (χ0v) is 13.7. The number of carbonyl (C=O) groups is 1. The third-order valence-electron chi connectivity index (χ3n) is 3.66. The Morgan fingerprint density at radius 1 is 1.24 bits per heavy atom. The number of amides is 1. The molecule has 0 saturated heterocycles. The van der Waals surface area contributed by atoms with Crippen molar-refractivity contribution in [3.63, 3.8) is 0 Å². The molecular weight excluding hydrogens is 262 g/mol. The molecule has 0 saturated carbocycles. The van der Waals surface area contributed by atoms with E-state index in [-0.39, 0.29) is 5.91 Å². The Morgan fingerprint density at radius 2 is 2.05 bits per heavy atom. The van der Waals surface area contributed by atoms with Crippen molar-refractivity contribution in [2.24, 2.45) is 5.92 Å². The molecule has 1 aromatic rings. The number of carbonyl (C=O) groups excluding carboxylic acids is 1. The van der Waals surface area contributed by atoms with Crippen molar-refractivity contribution in [1.82, 2.24) is 5.32 Å². The summed E-state index contributed by atoms with van der Waals surface area (Å²) in [5, 5.41) is 2.89. The van der Waals surface area contributed by atoms with Gasteiger partial charge >= 0.3 is 0 Å². The molecule has 1 rings (SSSR count). The van der Waals surface area contributed by atoms with Gasteiger partial charge in [0.2, 0.25) is 0 Å². The second-order valence-corrected chi connectivity index (χ2v) is 5.51. The summed E-state index contributed by atoms with van der Waals surface area (Å²) in [4.78, 5) is 11.9. The number of ether oxygens (including phenoxy) is 1. The summed E-state index contributed by atoms with van der Waals surface area (Å²) in [5.41, 5.74) is 0.669. The Morgan fingerprint density at radius 3 is 2.71 bits per heavy atom. The summed E-state index contributed by atoms with van der Waals surface area (Å²) in [6, 6.07) is 7.45. The lowest BCUT2D eigenvalue weighted by Gasteiger charge is -2.16. The summed E-state index contributed by atoms with van der Waals surface area (Å²) in [7, 11) is 0. The quantitative estimate of drug-likeness (QED) is 0.693. The van der Waals surface area contributed by atoms with Crippen LogP contribution in [0.2, 0.25) is 0 Å². The van der Waals surface area contributed by atoms with Crippen molar-refractivity contribution in [2.75, 3.05) is 13.2 Å². The van der Waals surface area contributed by atoms with E-state index in [1.165, 1.54) is 19.3 Å². The normalized spacial score (nSPS) is 12.0. The third kappa shape index (κ3) is 6.65. The lowest BCUT2D eigenvalue weighted by Crippen LogP contribution is -2.23. The Hall–Kier alpha value is -1.51. The Bertz CT molecular complexity index is 417. The van der Waals surface area contributed by atoms with Gasteiger partial charge in [-0.15, -0.1) is 0 Å². The average molecular weight is 291 g/mol. The van der Waals surface area contributed by atoms with E-state index in [1.807, 2.05) is 31.2 Å². The summed E-state index contributed by atoms with van der Waals surface area (Å²) in [6.45, 7) is 7.90. The Kier molecular flexibility index (Phi) is 8.56. The predicted octanol–water partition coefficient (Wildman–Crippen LogP) is 4.42. The van der Waals surface area contributed by atoms with Crippen LogP contribution in [0.25, 0.3) is 0 Å². The minimum Gasteiger partial charge on any atom is -0.493 e. The van der Waals surface area contributed by atoms with Gasteiger partial charge < -0.3 is 10.1 Å². The molecule has 0 heterocycles. The van der Waals surface area contributed by atoms with E-state index in [1.54, 1.807) is 0 Å². The lowest BCUT2D eigenvalue weighted by atomic mass is 10.0. The highest BCUT2D eigenvalue weighted by atomic mass is 16.5. The Balaban J connectivity index is 2.53. The van der Waals surface area contributed by atoms with E-state index >= 15 is 0 Å². The van der Waals surface area contributed by atoms with Crippen LogP contribution in [0.4, 0.5) is 0 Å². The molecule has 0 aliphatic heterocycles. The van der Waals surface area contributed by atoms with Gasteiger partial charge in [-0.3, -0.25) is 4.79 Å². The molecule has 0 radical (unpaired) electrons. The van der Waals surface area contributed by atoms with Crippen LogP contribution in [-0.2, 0) is 0 Å². The molecule has 3 heteroatoms. The van der Waals surface area contributed by atoms with Gasteiger partial charge in [0, 0.05) is 12.1 Å². The van der Waals surface area contributed by atoms with Crippen molar-refractivity contribution in [1.29, 1.82) is 0 Å². The maximum Gasteiger partial charge on any atom is 0.251 e. The maximum atomic E-state index is 11.9. The molecule has 0 aliphatic rings. The van der Waals surface area contributed by atoms with Gasteiger partial charge in [0.05, 0.1) is 6.61 Å². The van der Waals surface area contributed by atoms with Gasteiger partial charge in [-0.2, -0.15) is 0 Å². The van der Waals surface area contributed by atoms with E-state index in [9.17, 15) is 4.79 Å². The molecule has 21 heavy (non-hydrogen) atoms. The van der Waals surface area contributed by atoms with E-state index < -0.39 is 0 Å². The van der Waals surface area contributed by atoms with Crippen molar-refractivity contribution < 1.29 is 9.53 Å². The zero-order chi connectivity index (χ0) is 15.5. The predicted molar refractivity (Wildman–Crippen MR) is 87.9 cm³/mol. The molecule has 0 aliphatic carbocycles. The first kappa shape index (κ1) is 17.5. The summed E-state index contributed by atoms with van der Waals surface area (Å²) in [5.74, 6) is 1.36. The molecule has 0 spiro atoms. The van der Waals surface area contributed by atoms with Crippen LogP contribution in [0.3, 0.4) is 0 Å². The van der Waals surface area contributed by atoms with Crippen molar-refractivity contribution >= 4 is 5.91 Å². The molecule has 1 N–H and O–H groups in total. The van der Waals surface area contributed by atoms with Crippen LogP contribution in [0.1, 0.15) is 63.2 Å². The molecule has 0 bridgehead atoms. The fourth-order valence-corrected chi connectivity index (χ4v) is 2.18. The van der Waals surface area contributed by atoms with Gasteiger partial charge in [-0.1, -0.05) is 46.1 Å². The third-order valence-corrected chi connectivity index (χ3v) is 3.66. The molecule has 118 valence electrons. The van der Waals surface area contributed by atoms with Crippen molar-refractivity contribution in [3.8, 4) is 5.75 Å². The molecule has 1 amide bonds. The number of unbranched alkanes of at least 4 members (excludes halogenated alkanes) is 1. The highest BCUT2D eigenvalue weighted by Crippen LogP contribution is 2.18. The zero-order valence-electron chi connectivity index (χ0n) is 13.7. The minimum atomic E-state index is -0.0275. The van der Waals surface area contributed by atoms with Crippen LogP contribution < -0.4 is 10.1 Å². The second kappa shape index (κ2) is 10.3. The SMILES string of the molecule is CCCCC(CC)COc1cccc(C(=O)NCCC)c1. The van der Waals surface area contributed by atoms with Crippen LogP contribution >= 0.6 is 0 Å². The molecule has 1 aromatic carbocycles. The van der Waals surface area contributed by atoms with E-state index in [4.69, 9.17) is 4.74 Å². The van der Waals surface area contributed by atoms with Crippen molar-refractivity contribution in [3.05, 3.63) is 29.8 Å². The second-order valence-electron chi connectivity index (χ2n) is 5.51. The average Bonchev–Trinajstić information content (AvgIpc) is 2.53. The van der Waals surface area contributed by atoms with Crippen LogP contribution in [0.5, 0.6) is 5.75 Å². The monoisotopic (exact) mass is 291 g/mol. The summed E-state index contributed by atoms with van der Waals surface area (Å²) >= 11 is 0. The number of rotatable bonds is 10. The minimum absolute atomic E-state index is 0.0275. The molecule has 0 fully saturated rings. The molecule has 1 unspecified atom stereocenters. The van der Waals surface area contributed by atoms with Gasteiger partial charge in [-0.25, -0.2) is 0 Å². The number of hydrogen-bond donors (Lipinski definition) is 1.